The monoisotopic (exact) mass is 876 g/mol. The standard InChI is InChI=1S/2C20H15.C4H12Si2.2ClH.Hf/c2*1-14-13-16-8-3-5-11-18(16)20(14)19-12-6-9-15-7-2-4-10-17(15)19;1-5-6(2,3)4;;;/h2*2-13H,1H3;1-4H3;2*1H;/q2*-1;;;;+4/p-2. The van der Waals surface area contributed by atoms with Crippen molar-refractivity contribution in [1.82, 2.24) is 0 Å². The molecule has 0 saturated heterocycles. The molecule has 0 fully saturated rings. The molecule has 0 nitrogen and oxygen atoms in total. The largest absolute Gasteiger partial charge is 4.00 e. The topological polar surface area (TPSA) is 0 Å². The maximum atomic E-state index is 2.39. The van der Waals surface area contributed by atoms with E-state index >= 15 is 0 Å². The fourth-order valence-corrected chi connectivity index (χ4v) is 6.34. The third-order valence-electron chi connectivity index (χ3n) is 8.86. The first-order chi connectivity index (χ1) is 22.2. The molecule has 8 aromatic carbocycles. The summed E-state index contributed by atoms with van der Waals surface area (Å²) in [5.74, 6) is 0. The van der Waals surface area contributed by atoms with Crippen molar-refractivity contribution in [3.63, 3.8) is 0 Å². The van der Waals surface area contributed by atoms with E-state index in [2.05, 4.69) is 186 Å². The molecule has 0 amide bonds. The fourth-order valence-electron chi connectivity index (χ4n) is 6.34. The van der Waals surface area contributed by atoms with Crippen molar-refractivity contribution < 1.29 is 50.7 Å². The molecule has 0 N–H and O–H groups in total. The molecule has 244 valence electrons. The van der Waals surface area contributed by atoms with Gasteiger partial charge in [0.2, 0.25) is 0 Å². The van der Waals surface area contributed by atoms with Crippen LogP contribution in [0.5, 0.6) is 0 Å². The Morgan fingerprint density at radius 3 is 1.12 bits per heavy atom. The van der Waals surface area contributed by atoms with Gasteiger partial charge in [0.1, 0.15) is 0 Å². The summed E-state index contributed by atoms with van der Waals surface area (Å²) in [6.07, 6.45) is 0. The summed E-state index contributed by atoms with van der Waals surface area (Å²) in [5, 5.41) is 10.6. The number of hydrogen-bond acceptors (Lipinski definition) is 0. The molecule has 0 aliphatic heterocycles. The average Bonchev–Trinajstić information content (AvgIpc) is 3.59. The third kappa shape index (κ3) is 9.00. The van der Waals surface area contributed by atoms with Gasteiger partial charge in [0.05, 0.1) is 0 Å². The Labute approximate surface area is 326 Å². The minimum absolute atomic E-state index is 0. The molecule has 0 saturated carbocycles. The molecule has 8 aromatic rings. The molecular weight excluding hydrogens is 834 g/mol. The van der Waals surface area contributed by atoms with Gasteiger partial charge in [-0.15, -0.1) is 92.3 Å². The molecule has 5 heteroatoms. The molecule has 0 atom stereocenters. The van der Waals surface area contributed by atoms with Crippen LogP contribution < -0.4 is 24.8 Å². The molecule has 0 aromatic heterocycles. The van der Waals surface area contributed by atoms with Crippen LogP contribution in [0.3, 0.4) is 0 Å². The smallest absolute Gasteiger partial charge is 1.00 e. The SMILES string of the molecule is C[Si][Si](C)(C)C.Cc1[cH-]c2ccccc2c1-c1cccc2ccccc12.Cc1[cH-]c2ccccc2c1-c1cccc2ccccc12.[Cl-].[Cl-].[Hf+4]. The maximum absolute atomic E-state index is 2.39. The molecule has 0 unspecified atom stereocenters. The van der Waals surface area contributed by atoms with Crippen molar-refractivity contribution in [3.05, 3.63) is 157 Å². The quantitative estimate of drug-likeness (QED) is 0.133. The van der Waals surface area contributed by atoms with Crippen LogP contribution in [-0.4, -0.2) is 16.6 Å². The number of hydrogen-bond donors (Lipinski definition) is 0. The van der Waals surface area contributed by atoms with Crippen LogP contribution in [0.25, 0.3) is 65.3 Å². The van der Waals surface area contributed by atoms with Crippen molar-refractivity contribution in [2.75, 3.05) is 0 Å². The van der Waals surface area contributed by atoms with E-state index in [1.165, 1.54) is 85.5 Å². The molecule has 0 heterocycles. The van der Waals surface area contributed by atoms with E-state index < -0.39 is 7.59 Å². The maximum Gasteiger partial charge on any atom is 4.00 e. The summed E-state index contributed by atoms with van der Waals surface area (Å²) in [6, 6.07) is 52.2. The molecule has 2 radical (unpaired) electrons. The molecule has 0 aliphatic carbocycles. The van der Waals surface area contributed by atoms with Gasteiger partial charge in [-0.05, 0) is 21.5 Å². The minimum atomic E-state index is -0.603. The van der Waals surface area contributed by atoms with E-state index in [9.17, 15) is 0 Å². The van der Waals surface area contributed by atoms with Gasteiger partial charge in [0.25, 0.3) is 0 Å². The zero-order chi connectivity index (χ0) is 32.3. The van der Waals surface area contributed by atoms with Crippen LogP contribution in [0.4, 0.5) is 0 Å². The van der Waals surface area contributed by atoms with Gasteiger partial charge in [0.15, 0.2) is 0 Å². The van der Waals surface area contributed by atoms with E-state index in [4.69, 9.17) is 0 Å². The molecule has 0 spiro atoms. The number of rotatable bonds is 3. The third-order valence-corrected chi connectivity index (χ3v) is 14.9. The first-order valence-electron chi connectivity index (χ1n) is 16.2. The molecule has 8 rings (SSSR count). The van der Waals surface area contributed by atoms with Gasteiger partial charge in [-0.2, -0.15) is 0 Å². The van der Waals surface area contributed by atoms with Crippen LogP contribution in [0.2, 0.25) is 26.2 Å². The number of halogens is 2. The zero-order valence-electron chi connectivity index (χ0n) is 29.1. The normalized spacial score (nSPS) is 10.7. The Morgan fingerprint density at radius 2 is 0.755 bits per heavy atom. The van der Waals surface area contributed by atoms with Gasteiger partial charge >= 0.3 is 25.8 Å². The fraction of sp³-hybridized carbons (Fsp3) is 0.136. The predicted molar refractivity (Wildman–Crippen MR) is 209 cm³/mol. The van der Waals surface area contributed by atoms with Gasteiger partial charge in [0, 0.05) is 16.6 Å². The first-order valence-corrected chi connectivity index (χ1v) is 22.2. The molecule has 0 bridgehead atoms. The van der Waals surface area contributed by atoms with Crippen LogP contribution in [0.1, 0.15) is 11.1 Å². The zero-order valence-corrected chi connectivity index (χ0v) is 36.2. The summed E-state index contributed by atoms with van der Waals surface area (Å²) >= 11 is 0. The van der Waals surface area contributed by atoms with Crippen molar-refractivity contribution in [2.24, 2.45) is 0 Å². The van der Waals surface area contributed by atoms with Crippen LogP contribution in [0.15, 0.2) is 146 Å². The van der Waals surface area contributed by atoms with Gasteiger partial charge in [-0.25, -0.2) is 0 Å². The summed E-state index contributed by atoms with van der Waals surface area (Å²) in [7, 11) is 0.603. The van der Waals surface area contributed by atoms with Crippen molar-refractivity contribution >= 4 is 59.7 Å². The minimum Gasteiger partial charge on any atom is -1.00 e. The van der Waals surface area contributed by atoms with Gasteiger partial charge in [-0.1, -0.05) is 148 Å². The number of fused-ring (bicyclic) bond motifs is 4. The Kier molecular flexibility index (Phi) is 14.6. The second kappa shape index (κ2) is 17.7. The number of benzene rings is 6. The van der Waals surface area contributed by atoms with Gasteiger partial charge < -0.3 is 24.8 Å². The Balaban J connectivity index is 0.000000217. The summed E-state index contributed by atoms with van der Waals surface area (Å²) in [6.45, 7) is 13.9. The molecule has 0 aliphatic rings. The van der Waals surface area contributed by atoms with Crippen LogP contribution >= 0.6 is 0 Å². The molecule has 49 heavy (non-hydrogen) atoms. The van der Waals surface area contributed by atoms with E-state index in [-0.39, 0.29) is 50.7 Å². The van der Waals surface area contributed by atoms with Crippen molar-refractivity contribution in [1.29, 1.82) is 0 Å². The van der Waals surface area contributed by atoms with E-state index in [1.807, 2.05) is 0 Å². The Hall–Kier alpha value is -3.06. The summed E-state index contributed by atoms with van der Waals surface area (Å²) in [4.78, 5) is 0. The van der Waals surface area contributed by atoms with Crippen LogP contribution in [-0.2, 0) is 25.8 Å². The molecular formula is C44H42Cl2HfSi2. The first kappa shape index (κ1) is 40.4. The summed E-state index contributed by atoms with van der Waals surface area (Å²) < 4.78 is 0. The Bertz CT molecular complexity index is 2110. The Morgan fingerprint density at radius 1 is 0.449 bits per heavy atom. The van der Waals surface area contributed by atoms with Gasteiger partial charge in [-0.3, -0.25) is 0 Å². The second-order valence-electron chi connectivity index (χ2n) is 13.1. The second-order valence-corrected chi connectivity index (χ2v) is 24.1. The number of aryl methyl sites for hydroxylation is 2. The summed E-state index contributed by atoms with van der Waals surface area (Å²) in [5.41, 5.74) is 8.11. The van der Waals surface area contributed by atoms with E-state index in [0.29, 0.717) is 0 Å². The average molecular weight is 876 g/mol. The predicted octanol–water partition coefficient (Wildman–Crippen LogP) is 6.95. The van der Waals surface area contributed by atoms with Crippen molar-refractivity contribution in [2.45, 2.75) is 40.0 Å². The van der Waals surface area contributed by atoms with Crippen LogP contribution in [0, 0.1) is 13.8 Å². The van der Waals surface area contributed by atoms with E-state index in [0.717, 1.165) is 0 Å². The van der Waals surface area contributed by atoms with E-state index in [1.54, 1.807) is 0 Å². The van der Waals surface area contributed by atoms with Crippen molar-refractivity contribution in [3.8, 4) is 22.3 Å².